The van der Waals surface area contributed by atoms with Crippen LogP contribution in [-0.4, -0.2) is 72.3 Å². The lowest BCUT2D eigenvalue weighted by Gasteiger charge is -2.29. The molecule has 168 valence electrons. The summed E-state index contributed by atoms with van der Waals surface area (Å²) in [6, 6.07) is 0.776. The van der Waals surface area contributed by atoms with Gasteiger partial charge in [0.05, 0.1) is 42.6 Å². The summed E-state index contributed by atoms with van der Waals surface area (Å²) in [6.45, 7) is 6.83. The molecule has 3 aliphatic rings. The van der Waals surface area contributed by atoms with Crippen LogP contribution >= 0.6 is 12.4 Å². The van der Waals surface area contributed by atoms with Crippen LogP contribution in [0.4, 0.5) is 0 Å². The molecule has 0 unspecified atom stereocenters. The van der Waals surface area contributed by atoms with E-state index in [1.165, 1.54) is 6.26 Å². The fraction of sp³-hybridized carbons (Fsp3) is 0.700. The van der Waals surface area contributed by atoms with Gasteiger partial charge in [0.2, 0.25) is 15.9 Å². The molecule has 2 amide bonds. The molecular formula is C20H30ClN3O5S. The number of amides is 2. The Labute approximate surface area is 184 Å². The molecule has 4 rings (SSSR count). The zero-order chi connectivity index (χ0) is 20.9. The highest BCUT2D eigenvalue weighted by Crippen LogP contribution is 2.42. The van der Waals surface area contributed by atoms with Crippen LogP contribution in [0.3, 0.4) is 0 Å². The predicted molar refractivity (Wildman–Crippen MR) is 114 cm³/mol. The third-order valence-electron chi connectivity index (χ3n) is 6.47. The van der Waals surface area contributed by atoms with Crippen LogP contribution in [0.15, 0.2) is 16.7 Å². The van der Waals surface area contributed by atoms with Gasteiger partial charge in [-0.2, -0.15) is 0 Å². The van der Waals surface area contributed by atoms with E-state index in [2.05, 4.69) is 4.90 Å². The Kier molecular flexibility index (Phi) is 6.55. The van der Waals surface area contributed by atoms with Crippen molar-refractivity contribution in [3.63, 3.8) is 0 Å². The minimum Gasteiger partial charge on any atom is -0.467 e. The molecule has 3 aliphatic heterocycles. The topological polar surface area (TPSA) is 91.1 Å². The first-order valence-corrected chi connectivity index (χ1v) is 12.2. The maximum atomic E-state index is 13.4. The van der Waals surface area contributed by atoms with Crippen LogP contribution in [0.1, 0.15) is 49.2 Å². The SMILES string of the molecule is CC(C)[C@H]1C(=O)N(S(C)(=O)=O)[C@H]2CCN(C(=O)c3ccoc3CN3CCCC3)[C@H]12.Cl. The zero-order valence-corrected chi connectivity index (χ0v) is 19.2. The molecule has 30 heavy (non-hydrogen) atoms. The highest BCUT2D eigenvalue weighted by atomic mass is 35.5. The summed E-state index contributed by atoms with van der Waals surface area (Å²) in [7, 11) is -3.68. The van der Waals surface area contributed by atoms with Crippen molar-refractivity contribution in [2.24, 2.45) is 11.8 Å². The second-order valence-electron chi connectivity index (χ2n) is 8.75. The number of rotatable bonds is 5. The quantitative estimate of drug-likeness (QED) is 0.668. The molecule has 0 aliphatic carbocycles. The predicted octanol–water partition coefficient (Wildman–Crippen LogP) is 1.95. The average molecular weight is 460 g/mol. The molecule has 0 radical (unpaired) electrons. The number of hydrogen-bond acceptors (Lipinski definition) is 6. The Morgan fingerprint density at radius 2 is 1.90 bits per heavy atom. The van der Waals surface area contributed by atoms with E-state index >= 15 is 0 Å². The van der Waals surface area contributed by atoms with E-state index in [0.717, 1.165) is 36.5 Å². The standard InChI is InChI=1S/C20H29N3O5S.ClH/c1-13(2)17-18-15(23(20(17)25)29(3,26)27)6-10-22(18)19(24)14-7-11-28-16(14)12-21-8-4-5-9-21;/h7,11,13,15,17-18H,4-6,8-10,12H2,1-3H3;1H/t15-,17+,18-;/m0./s1. The lowest BCUT2D eigenvalue weighted by atomic mass is 9.88. The molecule has 3 atom stereocenters. The molecule has 3 saturated heterocycles. The monoisotopic (exact) mass is 459 g/mol. The van der Waals surface area contributed by atoms with Crippen molar-refractivity contribution in [1.82, 2.24) is 14.1 Å². The van der Waals surface area contributed by atoms with Gasteiger partial charge < -0.3 is 9.32 Å². The van der Waals surface area contributed by atoms with Gasteiger partial charge in [0.15, 0.2) is 0 Å². The average Bonchev–Trinajstić information content (AvgIpc) is 3.37. The second kappa shape index (κ2) is 8.51. The van der Waals surface area contributed by atoms with E-state index in [1.54, 1.807) is 11.0 Å². The molecule has 0 spiro atoms. The van der Waals surface area contributed by atoms with Crippen molar-refractivity contribution in [2.75, 3.05) is 25.9 Å². The van der Waals surface area contributed by atoms with E-state index in [4.69, 9.17) is 4.42 Å². The van der Waals surface area contributed by atoms with E-state index in [1.807, 2.05) is 13.8 Å². The van der Waals surface area contributed by atoms with Crippen LogP contribution in [-0.2, 0) is 21.4 Å². The van der Waals surface area contributed by atoms with Crippen LogP contribution in [0.2, 0.25) is 0 Å². The number of furan rings is 1. The summed E-state index contributed by atoms with van der Waals surface area (Å²) in [5.41, 5.74) is 0.519. The summed E-state index contributed by atoms with van der Waals surface area (Å²) >= 11 is 0. The number of hydrogen-bond donors (Lipinski definition) is 0. The molecule has 4 heterocycles. The third kappa shape index (κ3) is 3.87. The summed E-state index contributed by atoms with van der Waals surface area (Å²) in [4.78, 5) is 30.4. The van der Waals surface area contributed by atoms with Gasteiger partial charge in [-0.1, -0.05) is 13.8 Å². The van der Waals surface area contributed by atoms with Crippen LogP contribution in [0.5, 0.6) is 0 Å². The molecule has 8 nitrogen and oxygen atoms in total. The van der Waals surface area contributed by atoms with Gasteiger partial charge in [-0.3, -0.25) is 14.5 Å². The molecule has 10 heteroatoms. The fourth-order valence-electron chi connectivity index (χ4n) is 5.22. The van der Waals surface area contributed by atoms with Gasteiger partial charge >= 0.3 is 0 Å². The van der Waals surface area contributed by atoms with Gasteiger partial charge in [-0.25, -0.2) is 12.7 Å². The molecule has 3 fully saturated rings. The minimum absolute atomic E-state index is 0. The number of fused-ring (bicyclic) bond motifs is 1. The Hall–Kier alpha value is -1.58. The second-order valence-corrected chi connectivity index (χ2v) is 10.6. The smallest absolute Gasteiger partial charge is 0.257 e. The number of carbonyl (C=O) groups is 2. The maximum Gasteiger partial charge on any atom is 0.257 e. The largest absolute Gasteiger partial charge is 0.467 e. The van der Waals surface area contributed by atoms with Gasteiger partial charge in [0, 0.05) is 6.54 Å². The molecular weight excluding hydrogens is 430 g/mol. The number of sulfonamides is 1. The molecule has 0 aromatic carbocycles. The van der Waals surface area contributed by atoms with Crippen LogP contribution in [0, 0.1) is 11.8 Å². The van der Waals surface area contributed by atoms with Gasteiger partial charge in [0.25, 0.3) is 5.91 Å². The van der Waals surface area contributed by atoms with E-state index in [9.17, 15) is 18.0 Å². The summed E-state index contributed by atoms with van der Waals surface area (Å²) in [6.07, 6.45) is 5.38. The Bertz CT molecular complexity index is 909. The van der Waals surface area contributed by atoms with E-state index in [-0.39, 0.29) is 30.1 Å². The Morgan fingerprint density at radius 1 is 1.23 bits per heavy atom. The van der Waals surface area contributed by atoms with E-state index in [0.29, 0.717) is 30.8 Å². The van der Waals surface area contributed by atoms with Gasteiger partial charge in [-0.05, 0) is 44.3 Å². The fourth-order valence-corrected chi connectivity index (χ4v) is 6.39. The van der Waals surface area contributed by atoms with Crippen molar-refractivity contribution in [1.29, 1.82) is 0 Å². The van der Waals surface area contributed by atoms with Crippen molar-refractivity contribution >= 4 is 34.2 Å². The lowest BCUT2D eigenvalue weighted by molar-refractivity contribution is -0.129. The summed E-state index contributed by atoms with van der Waals surface area (Å²) < 4.78 is 31.2. The highest BCUT2D eigenvalue weighted by molar-refractivity contribution is 7.88. The van der Waals surface area contributed by atoms with Crippen LogP contribution < -0.4 is 0 Å². The maximum absolute atomic E-state index is 13.4. The summed E-state index contributed by atoms with van der Waals surface area (Å²) in [5.74, 6) is -0.502. The molecule has 1 aromatic heterocycles. The molecule has 0 bridgehead atoms. The van der Waals surface area contributed by atoms with Crippen molar-refractivity contribution in [2.45, 2.75) is 51.7 Å². The third-order valence-corrected chi connectivity index (χ3v) is 7.63. The summed E-state index contributed by atoms with van der Waals surface area (Å²) in [5, 5.41) is 0. The Morgan fingerprint density at radius 3 is 2.50 bits per heavy atom. The first-order chi connectivity index (χ1) is 13.7. The number of carbonyl (C=O) groups excluding carboxylic acids is 2. The zero-order valence-electron chi connectivity index (χ0n) is 17.6. The normalized spacial score (nSPS) is 27.1. The van der Waals surface area contributed by atoms with Gasteiger partial charge in [0.1, 0.15) is 5.76 Å². The van der Waals surface area contributed by atoms with Crippen molar-refractivity contribution < 1.29 is 22.4 Å². The number of nitrogens with zero attached hydrogens (tertiary/aromatic N) is 3. The number of likely N-dealkylation sites (tertiary alicyclic amines) is 2. The molecule has 0 N–H and O–H groups in total. The minimum atomic E-state index is -3.68. The van der Waals surface area contributed by atoms with Crippen molar-refractivity contribution in [3.05, 3.63) is 23.7 Å². The number of halogens is 1. The van der Waals surface area contributed by atoms with E-state index < -0.39 is 28.0 Å². The van der Waals surface area contributed by atoms with Crippen LogP contribution in [0.25, 0.3) is 0 Å². The lowest BCUT2D eigenvalue weighted by Crippen LogP contribution is -2.44. The first-order valence-electron chi connectivity index (χ1n) is 10.3. The molecule has 0 saturated carbocycles. The first kappa shape index (κ1) is 23.1. The Balaban J connectivity index is 0.00000256. The van der Waals surface area contributed by atoms with Crippen molar-refractivity contribution in [3.8, 4) is 0 Å². The molecule has 1 aromatic rings. The van der Waals surface area contributed by atoms with Gasteiger partial charge in [-0.15, -0.1) is 12.4 Å². The highest BCUT2D eigenvalue weighted by Gasteiger charge is 2.58.